The molecule has 7 heteroatoms. The number of aromatic nitrogens is 2. The highest BCUT2D eigenvalue weighted by Crippen LogP contribution is 2.15. The zero-order valence-electron chi connectivity index (χ0n) is 10.7. The summed E-state index contributed by atoms with van der Waals surface area (Å²) in [7, 11) is 0.444. The van der Waals surface area contributed by atoms with Crippen LogP contribution in [-0.2, 0) is 24.3 Å². The van der Waals surface area contributed by atoms with E-state index in [9.17, 15) is 13.4 Å². The van der Waals surface area contributed by atoms with Crippen molar-refractivity contribution in [3.8, 4) is 0 Å². The third-order valence-electron chi connectivity index (χ3n) is 2.86. The van der Waals surface area contributed by atoms with Gasteiger partial charge in [-0.2, -0.15) is 0 Å². The lowest BCUT2D eigenvalue weighted by atomic mass is 10.2. The third-order valence-corrected chi connectivity index (χ3v) is 4.22. The predicted molar refractivity (Wildman–Crippen MR) is 71.5 cm³/mol. The second-order valence-corrected chi connectivity index (χ2v) is 5.77. The van der Waals surface area contributed by atoms with Gasteiger partial charge in [0.25, 0.3) is 0 Å². The van der Waals surface area contributed by atoms with Crippen molar-refractivity contribution in [1.29, 1.82) is 0 Å². The highest BCUT2D eigenvalue weighted by molar-refractivity contribution is 7.85. The summed E-state index contributed by atoms with van der Waals surface area (Å²) < 4.78 is 27.2. The molecule has 5 nitrogen and oxygen atoms in total. The fourth-order valence-electron chi connectivity index (χ4n) is 1.75. The molecule has 0 saturated heterocycles. The Hall–Kier alpha value is -2.02. The highest BCUT2D eigenvalue weighted by atomic mass is 32.2. The Labute approximate surface area is 117 Å². The number of hydrogen-bond donors (Lipinski definition) is 1. The molecule has 0 fully saturated rings. The minimum Gasteiger partial charge on any atom is -0.478 e. The molecule has 2 aromatic rings. The Morgan fingerprint density at radius 1 is 1.50 bits per heavy atom. The standard InChI is InChI=1S/C13H13FN2O3S/c1-16-6-5-15-12(16)4-7-20(19)9-2-3-11(14)10(8-9)13(17)18/h2-3,5-6,8H,4,7H2,1H3,(H,17,18). The van der Waals surface area contributed by atoms with Crippen LogP contribution in [-0.4, -0.2) is 30.6 Å². The monoisotopic (exact) mass is 296 g/mol. The van der Waals surface area contributed by atoms with Crippen molar-refractivity contribution in [3.63, 3.8) is 0 Å². The lowest BCUT2D eigenvalue weighted by Crippen LogP contribution is -2.08. The van der Waals surface area contributed by atoms with E-state index in [0.717, 1.165) is 18.0 Å². The first kappa shape index (κ1) is 14.4. The number of nitrogens with zero attached hydrogens (tertiary/aromatic N) is 2. The maximum Gasteiger partial charge on any atom is 0.338 e. The van der Waals surface area contributed by atoms with Crippen molar-refractivity contribution in [2.24, 2.45) is 7.05 Å². The summed E-state index contributed by atoms with van der Waals surface area (Å²) >= 11 is 0. The molecular weight excluding hydrogens is 283 g/mol. The quantitative estimate of drug-likeness (QED) is 0.910. The molecule has 0 bridgehead atoms. The predicted octanol–water partition coefficient (Wildman–Crippen LogP) is 1.61. The maximum absolute atomic E-state index is 13.3. The number of carboxylic acids is 1. The van der Waals surface area contributed by atoms with Crippen LogP contribution in [0.15, 0.2) is 35.5 Å². The molecule has 1 heterocycles. The third kappa shape index (κ3) is 3.11. The Morgan fingerprint density at radius 3 is 2.85 bits per heavy atom. The Bertz CT molecular complexity index is 669. The van der Waals surface area contributed by atoms with Crippen molar-refractivity contribution in [2.75, 3.05) is 5.75 Å². The molecule has 1 aromatic carbocycles. The highest BCUT2D eigenvalue weighted by Gasteiger charge is 2.14. The number of hydrogen-bond acceptors (Lipinski definition) is 3. The summed E-state index contributed by atoms with van der Waals surface area (Å²) in [5.41, 5.74) is -0.465. The van der Waals surface area contributed by atoms with Gasteiger partial charge in [-0.1, -0.05) is 0 Å². The lowest BCUT2D eigenvalue weighted by molar-refractivity contribution is 0.0691. The van der Waals surface area contributed by atoms with E-state index < -0.39 is 28.1 Å². The van der Waals surface area contributed by atoms with Gasteiger partial charge in [0.2, 0.25) is 0 Å². The van der Waals surface area contributed by atoms with Crippen LogP contribution >= 0.6 is 0 Å². The first-order chi connectivity index (χ1) is 9.49. The number of halogens is 1. The van der Waals surface area contributed by atoms with E-state index in [1.54, 1.807) is 12.4 Å². The minimum atomic E-state index is -1.39. The molecule has 0 aliphatic carbocycles. The molecule has 0 saturated carbocycles. The zero-order valence-corrected chi connectivity index (χ0v) is 11.6. The number of benzene rings is 1. The van der Waals surface area contributed by atoms with Gasteiger partial charge in [-0.3, -0.25) is 4.21 Å². The molecule has 0 aliphatic heterocycles. The van der Waals surface area contributed by atoms with Gasteiger partial charge in [0.1, 0.15) is 11.6 Å². The lowest BCUT2D eigenvalue weighted by Gasteiger charge is -2.05. The summed E-state index contributed by atoms with van der Waals surface area (Å²) in [4.78, 5) is 15.3. The summed E-state index contributed by atoms with van der Waals surface area (Å²) in [6.45, 7) is 0. The largest absolute Gasteiger partial charge is 0.478 e. The van der Waals surface area contributed by atoms with Gasteiger partial charge in [-0.25, -0.2) is 14.2 Å². The van der Waals surface area contributed by atoms with Crippen LogP contribution in [0.4, 0.5) is 4.39 Å². The minimum absolute atomic E-state index is 0.301. The molecule has 0 radical (unpaired) electrons. The van der Waals surface area contributed by atoms with Crippen LogP contribution in [0.3, 0.4) is 0 Å². The van der Waals surface area contributed by atoms with Gasteiger partial charge in [-0.05, 0) is 18.2 Å². The van der Waals surface area contributed by atoms with Gasteiger partial charge in [-0.15, -0.1) is 0 Å². The second-order valence-electron chi connectivity index (χ2n) is 4.20. The average Bonchev–Trinajstić information content (AvgIpc) is 2.81. The van der Waals surface area contributed by atoms with Gasteiger partial charge < -0.3 is 9.67 Å². The van der Waals surface area contributed by atoms with Gasteiger partial charge in [0.05, 0.1) is 16.4 Å². The molecule has 1 N–H and O–H groups in total. The number of carbonyl (C=O) groups is 1. The zero-order chi connectivity index (χ0) is 14.7. The van der Waals surface area contributed by atoms with E-state index >= 15 is 0 Å². The SMILES string of the molecule is Cn1ccnc1CCS(=O)c1ccc(F)c(C(=O)O)c1. The van der Waals surface area contributed by atoms with E-state index in [1.807, 2.05) is 11.6 Å². The summed E-state index contributed by atoms with van der Waals surface area (Å²) in [5, 5.41) is 8.84. The van der Waals surface area contributed by atoms with Crippen LogP contribution < -0.4 is 0 Å². The fraction of sp³-hybridized carbons (Fsp3) is 0.231. The number of imidazole rings is 1. The van der Waals surface area contributed by atoms with Crippen molar-refractivity contribution in [1.82, 2.24) is 9.55 Å². The van der Waals surface area contributed by atoms with Crippen molar-refractivity contribution >= 4 is 16.8 Å². The molecule has 0 amide bonds. The smallest absolute Gasteiger partial charge is 0.338 e. The van der Waals surface area contributed by atoms with Crippen molar-refractivity contribution in [2.45, 2.75) is 11.3 Å². The van der Waals surface area contributed by atoms with Crippen LogP contribution in [0, 0.1) is 5.82 Å². The van der Waals surface area contributed by atoms with E-state index in [1.165, 1.54) is 6.07 Å². The molecule has 1 aromatic heterocycles. The van der Waals surface area contributed by atoms with E-state index in [4.69, 9.17) is 5.11 Å². The van der Waals surface area contributed by atoms with E-state index in [2.05, 4.69) is 4.98 Å². The molecule has 0 spiro atoms. The summed E-state index contributed by atoms with van der Waals surface area (Å²) in [6.07, 6.45) is 3.94. The van der Waals surface area contributed by atoms with Crippen LogP contribution in [0.25, 0.3) is 0 Å². The Balaban J connectivity index is 2.12. The molecule has 2 rings (SSSR count). The normalized spacial score (nSPS) is 12.3. The van der Waals surface area contributed by atoms with Gasteiger partial charge in [0, 0.05) is 36.5 Å². The summed E-state index contributed by atoms with van der Waals surface area (Å²) in [6, 6.07) is 3.49. The maximum atomic E-state index is 13.3. The fourth-order valence-corrected chi connectivity index (χ4v) is 2.82. The van der Waals surface area contributed by atoms with E-state index in [0.29, 0.717) is 17.1 Å². The molecule has 0 aliphatic rings. The number of rotatable bonds is 5. The first-order valence-corrected chi connectivity index (χ1v) is 7.18. The first-order valence-electron chi connectivity index (χ1n) is 5.86. The van der Waals surface area contributed by atoms with Crippen molar-refractivity contribution < 1.29 is 18.5 Å². The number of carboxylic acid groups (broad SMARTS) is 1. The summed E-state index contributed by atoms with van der Waals surface area (Å²) in [5.74, 6) is -1.11. The average molecular weight is 296 g/mol. The topological polar surface area (TPSA) is 72.2 Å². The molecule has 20 heavy (non-hydrogen) atoms. The van der Waals surface area contributed by atoms with Gasteiger partial charge in [0.15, 0.2) is 0 Å². The Morgan fingerprint density at radius 2 is 2.25 bits per heavy atom. The number of aryl methyl sites for hydroxylation is 2. The second kappa shape index (κ2) is 5.96. The molecule has 106 valence electrons. The Kier molecular flexibility index (Phi) is 4.29. The molecule has 1 unspecified atom stereocenters. The molecular formula is C13H13FN2O3S. The van der Waals surface area contributed by atoms with Crippen molar-refractivity contribution in [3.05, 3.63) is 47.8 Å². The van der Waals surface area contributed by atoms with E-state index in [-0.39, 0.29) is 0 Å². The van der Waals surface area contributed by atoms with Crippen LogP contribution in [0.5, 0.6) is 0 Å². The molecule has 1 atom stereocenters. The van der Waals surface area contributed by atoms with Crippen LogP contribution in [0.2, 0.25) is 0 Å². The van der Waals surface area contributed by atoms with Crippen LogP contribution in [0.1, 0.15) is 16.2 Å². The number of aromatic carboxylic acids is 1. The van der Waals surface area contributed by atoms with Gasteiger partial charge >= 0.3 is 5.97 Å².